The number of hydrogen-bond donors (Lipinski definition) is 0. The van der Waals surface area contributed by atoms with E-state index in [0.29, 0.717) is 57.2 Å². The molecule has 0 aliphatic carbocycles. The predicted octanol–water partition coefficient (Wildman–Crippen LogP) is 1.54. The van der Waals surface area contributed by atoms with E-state index in [1.165, 1.54) is 0 Å². The summed E-state index contributed by atoms with van der Waals surface area (Å²) in [6.07, 6.45) is 1.10. The van der Waals surface area contributed by atoms with Crippen molar-refractivity contribution in [3.8, 4) is 0 Å². The van der Waals surface area contributed by atoms with Crippen molar-refractivity contribution in [3.63, 3.8) is 0 Å². The average molecular weight is 449 g/mol. The Labute approximate surface area is 182 Å². The van der Waals surface area contributed by atoms with Crippen LogP contribution in [0.25, 0.3) is 0 Å². The summed E-state index contributed by atoms with van der Waals surface area (Å²) in [5.41, 5.74) is 0.555. The Hall–Kier alpha value is -2.62. The second-order valence-corrected chi connectivity index (χ2v) is 10.1. The van der Waals surface area contributed by atoms with Gasteiger partial charge in [-0.2, -0.15) is 8.42 Å². The number of sulfonamides is 1. The first-order valence-corrected chi connectivity index (χ1v) is 12.1. The molecule has 10 heteroatoms. The van der Waals surface area contributed by atoms with E-state index in [9.17, 15) is 18.0 Å². The van der Waals surface area contributed by atoms with Crippen molar-refractivity contribution < 1.29 is 22.7 Å². The number of ether oxygens (including phenoxy) is 1. The summed E-state index contributed by atoms with van der Waals surface area (Å²) < 4.78 is 34.1. The van der Waals surface area contributed by atoms with Gasteiger partial charge in [-0.25, -0.2) is 4.79 Å². The molecule has 1 aromatic rings. The lowest BCUT2D eigenvalue weighted by atomic mass is 10.1. The number of benzene rings is 1. The topological polar surface area (TPSA) is 99.6 Å². The maximum Gasteiger partial charge on any atom is 0.409 e. The van der Waals surface area contributed by atoms with Crippen LogP contribution in [0.3, 0.4) is 0 Å². The molecule has 3 aliphatic rings. The monoisotopic (exact) mass is 448 g/mol. The third-order valence-corrected chi connectivity index (χ3v) is 7.14. The van der Waals surface area contributed by atoms with E-state index >= 15 is 0 Å². The highest BCUT2D eigenvalue weighted by Crippen LogP contribution is 2.31. The minimum Gasteiger partial charge on any atom is -0.449 e. The molecule has 2 saturated heterocycles. The Balaban J connectivity index is 1.43. The fourth-order valence-electron chi connectivity index (χ4n) is 4.22. The van der Waals surface area contributed by atoms with Gasteiger partial charge < -0.3 is 19.4 Å². The lowest BCUT2D eigenvalue weighted by molar-refractivity contribution is -0.136. The number of carbonyl (C=O) groups is 2. The number of amidine groups is 1. The lowest BCUT2D eigenvalue weighted by Gasteiger charge is -2.37. The fraction of sp³-hybridized carbons (Fsp3) is 0.571. The quantitative estimate of drug-likeness (QED) is 0.695. The highest BCUT2D eigenvalue weighted by molar-refractivity contribution is 7.90. The molecule has 1 aromatic carbocycles. The standard InChI is InChI=1S/C21H28N4O5S/c1-15(2)14-30-21(27)24-12-10-23(11-13-24)20(26)17-7-5-9-25(17)19-16-6-3-4-8-18(16)31(28,29)22-19/h3-4,6,8,15,17H,5,7,9-14H2,1-2H3/t17-/m0/s1. The van der Waals surface area contributed by atoms with Gasteiger partial charge in [0.25, 0.3) is 10.0 Å². The molecule has 3 aliphatic heterocycles. The number of hydrogen-bond acceptors (Lipinski definition) is 6. The molecule has 2 fully saturated rings. The minimum atomic E-state index is -3.73. The predicted molar refractivity (Wildman–Crippen MR) is 114 cm³/mol. The zero-order valence-corrected chi connectivity index (χ0v) is 18.7. The van der Waals surface area contributed by atoms with Crippen molar-refractivity contribution in [2.75, 3.05) is 39.3 Å². The van der Waals surface area contributed by atoms with Gasteiger partial charge in [-0.15, -0.1) is 4.40 Å². The summed E-state index contributed by atoms with van der Waals surface area (Å²) in [5.74, 6) is 0.590. The van der Waals surface area contributed by atoms with E-state index in [4.69, 9.17) is 4.74 Å². The molecule has 0 spiro atoms. The van der Waals surface area contributed by atoms with Gasteiger partial charge in [0.05, 0.1) is 6.61 Å². The first kappa shape index (κ1) is 21.6. The molecule has 0 N–H and O–H groups in total. The zero-order chi connectivity index (χ0) is 22.2. The molecular formula is C21H28N4O5S. The number of likely N-dealkylation sites (tertiary alicyclic amines) is 1. The van der Waals surface area contributed by atoms with Gasteiger partial charge in [-0.1, -0.05) is 26.0 Å². The molecule has 0 radical (unpaired) electrons. The Morgan fingerprint density at radius 3 is 2.48 bits per heavy atom. The first-order valence-electron chi connectivity index (χ1n) is 10.7. The normalized spacial score (nSPS) is 22.5. The van der Waals surface area contributed by atoms with Crippen LogP contribution < -0.4 is 0 Å². The Bertz CT molecular complexity index is 999. The van der Waals surface area contributed by atoms with Crippen molar-refractivity contribution in [3.05, 3.63) is 29.8 Å². The van der Waals surface area contributed by atoms with Crippen LogP contribution in [0.2, 0.25) is 0 Å². The summed E-state index contributed by atoms with van der Waals surface area (Å²) in [5, 5.41) is 0. The van der Waals surface area contributed by atoms with Gasteiger partial charge in [-0.05, 0) is 30.9 Å². The summed E-state index contributed by atoms with van der Waals surface area (Å²) in [4.78, 5) is 30.8. The summed E-state index contributed by atoms with van der Waals surface area (Å²) in [7, 11) is -3.73. The number of rotatable bonds is 3. The van der Waals surface area contributed by atoms with Gasteiger partial charge in [0.15, 0.2) is 5.84 Å². The third-order valence-electron chi connectivity index (χ3n) is 5.81. The van der Waals surface area contributed by atoms with Crippen LogP contribution in [0.4, 0.5) is 4.79 Å². The van der Waals surface area contributed by atoms with Crippen molar-refractivity contribution in [2.24, 2.45) is 10.3 Å². The van der Waals surface area contributed by atoms with E-state index < -0.39 is 16.1 Å². The van der Waals surface area contributed by atoms with Crippen LogP contribution in [0.15, 0.2) is 33.6 Å². The van der Waals surface area contributed by atoms with Crippen LogP contribution in [0.5, 0.6) is 0 Å². The Morgan fingerprint density at radius 2 is 1.77 bits per heavy atom. The second-order valence-electron chi connectivity index (χ2n) is 8.52. The molecular weight excluding hydrogens is 420 g/mol. The molecule has 9 nitrogen and oxygen atoms in total. The van der Waals surface area contributed by atoms with Crippen LogP contribution in [-0.4, -0.2) is 86.3 Å². The minimum absolute atomic E-state index is 0.0443. The Kier molecular flexibility index (Phi) is 5.92. The highest BCUT2D eigenvalue weighted by Gasteiger charge is 2.41. The van der Waals surface area contributed by atoms with E-state index in [1.807, 2.05) is 18.7 Å². The summed E-state index contributed by atoms with van der Waals surface area (Å²) >= 11 is 0. The maximum atomic E-state index is 13.3. The van der Waals surface area contributed by atoms with Crippen molar-refractivity contribution in [2.45, 2.75) is 37.6 Å². The lowest BCUT2D eigenvalue weighted by Crippen LogP contribution is -2.55. The van der Waals surface area contributed by atoms with Crippen molar-refractivity contribution in [1.82, 2.24) is 14.7 Å². The Morgan fingerprint density at radius 1 is 1.10 bits per heavy atom. The number of nitrogens with zero attached hydrogens (tertiary/aromatic N) is 4. The van der Waals surface area contributed by atoms with E-state index in [2.05, 4.69) is 4.40 Å². The van der Waals surface area contributed by atoms with E-state index in [1.54, 1.807) is 34.1 Å². The van der Waals surface area contributed by atoms with Gasteiger partial charge in [0.1, 0.15) is 10.9 Å². The van der Waals surface area contributed by atoms with E-state index in [-0.39, 0.29) is 22.8 Å². The molecule has 1 atom stereocenters. The third kappa shape index (κ3) is 4.26. The SMILES string of the molecule is CC(C)COC(=O)N1CCN(C(=O)[C@@H]2CCCN2C2=NS(=O)(=O)c3ccccc32)CC1. The molecule has 168 valence electrons. The average Bonchev–Trinajstić information content (AvgIpc) is 3.34. The molecule has 0 aromatic heterocycles. The smallest absolute Gasteiger partial charge is 0.409 e. The van der Waals surface area contributed by atoms with Gasteiger partial charge in [0, 0.05) is 38.3 Å². The van der Waals surface area contributed by atoms with E-state index in [0.717, 1.165) is 6.42 Å². The molecule has 0 bridgehead atoms. The van der Waals surface area contributed by atoms with Crippen LogP contribution in [-0.2, 0) is 19.6 Å². The number of amides is 2. The highest BCUT2D eigenvalue weighted by atomic mass is 32.2. The van der Waals surface area contributed by atoms with Crippen LogP contribution in [0.1, 0.15) is 32.3 Å². The molecule has 31 heavy (non-hydrogen) atoms. The summed E-state index contributed by atoms with van der Waals surface area (Å²) in [6, 6.07) is 6.29. The number of piperazine rings is 1. The molecule has 2 amide bonds. The van der Waals surface area contributed by atoms with Gasteiger partial charge >= 0.3 is 6.09 Å². The van der Waals surface area contributed by atoms with Gasteiger partial charge in [-0.3, -0.25) is 4.79 Å². The largest absolute Gasteiger partial charge is 0.449 e. The maximum absolute atomic E-state index is 13.3. The molecule has 4 rings (SSSR count). The second kappa shape index (κ2) is 8.49. The molecule has 0 saturated carbocycles. The van der Waals surface area contributed by atoms with Crippen LogP contribution >= 0.6 is 0 Å². The van der Waals surface area contributed by atoms with Gasteiger partial charge in [0.2, 0.25) is 5.91 Å². The van der Waals surface area contributed by atoms with Crippen LogP contribution in [0, 0.1) is 5.92 Å². The molecule has 0 unspecified atom stereocenters. The molecule has 3 heterocycles. The summed E-state index contributed by atoms with van der Waals surface area (Å²) in [6.45, 7) is 6.64. The zero-order valence-electron chi connectivity index (χ0n) is 17.9. The van der Waals surface area contributed by atoms with Crippen molar-refractivity contribution >= 4 is 27.9 Å². The van der Waals surface area contributed by atoms with Crippen molar-refractivity contribution in [1.29, 1.82) is 0 Å². The fourth-order valence-corrected chi connectivity index (χ4v) is 5.44. The first-order chi connectivity index (χ1) is 14.8. The number of carbonyl (C=O) groups excluding carboxylic acids is 2. The number of fused-ring (bicyclic) bond motifs is 1.